The molecule has 1 aliphatic rings. The minimum atomic E-state index is -1.07. The number of nitrogens with one attached hydrogen (secondary N) is 2. The number of carbonyl (C=O) groups excluding carboxylic acids is 2. The molecule has 30 heavy (non-hydrogen) atoms. The van der Waals surface area contributed by atoms with Crippen LogP contribution >= 0.6 is 0 Å². The monoisotopic (exact) mass is 411 g/mol. The summed E-state index contributed by atoms with van der Waals surface area (Å²) in [6.07, 6.45) is 0.863. The van der Waals surface area contributed by atoms with E-state index in [9.17, 15) is 19.7 Å². The molecule has 0 spiro atoms. The highest BCUT2D eigenvalue weighted by Crippen LogP contribution is 2.32. The van der Waals surface area contributed by atoms with Gasteiger partial charge in [-0.05, 0) is 49.4 Å². The Labute approximate surface area is 174 Å². The van der Waals surface area contributed by atoms with E-state index in [1.807, 2.05) is 32.0 Å². The van der Waals surface area contributed by atoms with Crippen LogP contribution in [0.5, 0.6) is 0 Å². The second-order valence-corrected chi connectivity index (χ2v) is 7.69. The Morgan fingerprint density at radius 2 is 1.80 bits per heavy atom. The highest BCUT2D eigenvalue weighted by atomic mass is 16.6. The molecular weight excluding hydrogens is 386 g/mol. The third-order valence-corrected chi connectivity index (χ3v) is 4.86. The van der Waals surface area contributed by atoms with Crippen molar-refractivity contribution in [1.29, 1.82) is 0 Å². The lowest BCUT2D eigenvalue weighted by Crippen LogP contribution is -2.30. The van der Waals surface area contributed by atoms with Crippen molar-refractivity contribution in [2.24, 2.45) is 0 Å². The summed E-state index contributed by atoms with van der Waals surface area (Å²) >= 11 is 0. The molecule has 0 aromatic heterocycles. The van der Waals surface area contributed by atoms with Gasteiger partial charge in [0.1, 0.15) is 5.69 Å². The molecule has 1 fully saturated rings. The van der Waals surface area contributed by atoms with E-state index in [1.54, 1.807) is 6.07 Å². The van der Waals surface area contributed by atoms with Crippen molar-refractivity contribution in [3.05, 3.63) is 63.7 Å². The fraction of sp³-hybridized carbons (Fsp3) is 0.364. The molecule has 0 bridgehead atoms. The molecule has 8 heteroatoms. The molecule has 1 saturated carbocycles. The van der Waals surface area contributed by atoms with Gasteiger partial charge in [0, 0.05) is 17.8 Å². The van der Waals surface area contributed by atoms with Crippen molar-refractivity contribution in [3.8, 4) is 0 Å². The number of hydrogen-bond acceptors (Lipinski definition) is 6. The van der Waals surface area contributed by atoms with E-state index in [0.717, 1.165) is 18.4 Å². The van der Waals surface area contributed by atoms with Gasteiger partial charge in [-0.2, -0.15) is 0 Å². The average Bonchev–Trinajstić information content (AvgIpc) is 3.52. The van der Waals surface area contributed by atoms with Crippen molar-refractivity contribution in [3.63, 3.8) is 0 Å². The van der Waals surface area contributed by atoms with E-state index in [4.69, 9.17) is 4.74 Å². The number of rotatable bonds is 8. The van der Waals surface area contributed by atoms with Crippen LogP contribution < -0.4 is 10.6 Å². The predicted molar refractivity (Wildman–Crippen MR) is 114 cm³/mol. The number of para-hydroxylation sites is 1. The Bertz CT molecular complexity index is 969. The van der Waals surface area contributed by atoms with Gasteiger partial charge in [0.05, 0.1) is 10.5 Å². The lowest BCUT2D eigenvalue weighted by molar-refractivity contribution is -0.384. The summed E-state index contributed by atoms with van der Waals surface area (Å²) in [5.41, 5.74) is 1.82. The molecule has 2 N–H and O–H groups in total. The molecule has 158 valence electrons. The fourth-order valence-electron chi connectivity index (χ4n) is 3.01. The van der Waals surface area contributed by atoms with Gasteiger partial charge in [-0.3, -0.25) is 14.9 Å². The molecule has 2 aromatic carbocycles. The topological polar surface area (TPSA) is 111 Å². The van der Waals surface area contributed by atoms with Gasteiger partial charge in [0.2, 0.25) is 0 Å². The maximum absolute atomic E-state index is 12.5. The Morgan fingerprint density at radius 3 is 2.43 bits per heavy atom. The summed E-state index contributed by atoms with van der Waals surface area (Å²) in [6, 6.07) is 11.8. The Balaban J connectivity index is 1.68. The number of nitro groups is 1. The number of hydrogen-bond donors (Lipinski definition) is 2. The number of esters is 1. The number of nitrogens with zero attached hydrogens (tertiary/aromatic N) is 1. The maximum atomic E-state index is 12.5. The van der Waals surface area contributed by atoms with E-state index in [1.165, 1.54) is 25.1 Å². The largest absolute Gasteiger partial charge is 0.449 e. The summed E-state index contributed by atoms with van der Waals surface area (Å²) < 4.78 is 5.24. The van der Waals surface area contributed by atoms with E-state index < -0.39 is 22.9 Å². The van der Waals surface area contributed by atoms with Crippen LogP contribution in [0.1, 0.15) is 55.5 Å². The molecule has 0 heterocycles. The predicted octanol–water partition coefficient (Wildman–Crippen LogP) is 4.48. The van der Waals surface area contributed by atoms with Crippen LogP contribution in [0.25, 0.3) is 0 Å². The van der Waals surface area contributed by atoms with Gasteiger partial charge in [-0.1, -0.05) is 32.0 Å². The van der Waals surface area contributed by atoms with E-state index in [0.29, 0.717) is 11.4 Å². The van der Waals surface area contributed by atoms with Crippen LogP contribution in [0.4, 0.5) is 17.1 Å². The quantitative estimate of drug-likeness (QED) is 0.376. The zero-order chi connectivity index (χ0) is 21.8. The van der Waals surface area contributed by atoms with Gasteiger partial charge in [-0.15, -0.1) is 0 Å². The first-order valence-corrected chi connectivity index (χ1v) is 9.92. The summed E-state index contributed by atoms with van der Waals surface area (Å²) in [4.78, 5) is 35.8. The molecule has 1 aliphatic carbocycles. The molecule has 2 aromatic rings. The Hall–Kier alpha value is -3.42. The molecule has 0 saturated heterocycles. The third kappa shape index (κ3) is 5.14. The Kier molecular flexibility index (Phi) is 6.34. The lowest BCUT2D eigenvalue weighted by Gasteiger charge is -2.17. The normalized spacial score (nSPS) is 14.1. The summed E-state index contributed by atoms with van der Waals surface area (Å²) in [7, 11) is 0. The van der Waals surface area contributed by atoms with Crippen LogP contribution in [0.2, 0.25) is 0 Å². The SMILES string of the molecule is CC(C)c1ccccc1NC(=O)[C@H](C)OC(=O)c1ccc(NC2CC2)c([N+](=O)[O-])c1. The Morgan fingerprint density at radius 1 is 1.10 bits per heavy atom. The van der Waals surface area contributed by atoms with E-state index in [2.05, 4.69) is 10.6 Å². The standard InChI is InChI=1S/C22H25N3O5/c1-13(2)17-6-4-5-7-18(17)24-21(26)14(3)30-22(27)15-8-11-19(23-16-9-10-16)20(12-15)25(28)29/h4-8,11-14,16,23H,9-10H2,1-3H3,(H,24,26)/t14-/m0/s1. The van der Waals surface area contributed by atoms with Gasteiger partial charge in [-0.25, -0.2) is 4.79 Å². The number of ether oxygens (including phenoxy) is 1. The minimum absolute atomic E-state index is 0.0188. The van der Waals surface area contributed by atoms with Gasteiger partial charge >= 0.3 is 5.97 Å². The van der Waals surface area contributed by atoms with Crippen LogP contribution in [0.3, 0.4) is 0 Å². The molecular formula is C22H25N3O5. The van der Waals surface area contributed by atoms with E-state index in [-0.39, 0.29) is 23.2 Å². The molecule has 8 nitrogen and oxygen atoms in total. The number of carbonyl (C=O) groups is 2. The smallest absolute Gasteiger partial charge is 0.339 e. The van der Waals surface area contributed by atoms with Crippen molar-refractivity contribution in [1.82, 2.24) is 0 Å². The molecule has 1 amide bonds. The summed E-state index contributed by atoms with van der Waals surface area (Å²) in [5.74, 6) is -1.06. The highest BCUT2D eigenvalue weighted by molar-refractivity contribution is 5.98. The average molecular weight is 411 g/mol. The van der Waals surface area contributed by atoms with Gasteiger partial charge < -0.3 is 15.4 Å². The van der Waals surface area contributed by atoms with Gasteiger partial charge in [0.15, 0.2) is 6.10 Å². The number of amides is 1. The fourth-order valence-corrected chi connectivity index (χ4v) is 3.01. The first-order valence-electron chi connectivity index (χ1n) is 9.92. The molecule has 0 unspecified atom stereocenters. The summed E-state index contributed by atoms with van der Waals surface area (Å²) in [6.45, 7) is 5.49. The van der Waals surface area contributed by atoms with Crippen molar-refractivity contribution < 1.29 is 19.2 Å². The molecule has 3 rings (SSSR count). The highest BCUT2D eigenvalue weighted by Gasteiger charge is 2.27. The first-order chi connectivity index (χ1) is 14.3. The molecule has 1 atom stereocenters. The molecule has 0 aliphatic heterocycles. The second-order valence-electron chi connectivity index (χ2n) is 7.69. The van der Waals surface area contributed by atoms with Gasteiger partial charge in [0.25, 0.3) is 11.6 Å². The van der Waals surface area contributed by atoms with Crippen LogP contribution in [0.15, 0.2) is 42.5 Å². The van der Waals surface area contributed by atoms with Crippen molar-refractivity contribution in [2.75, 3.05) is 10.6 Å². The first kappa shape index (κ1) is 21.3. The maximum Gasteiger partial charge on any atom is 0.339 e. The van der Waals surface area contributed by atoms with Crippen LogP contribution in [0, 0.1) is 10.1 Å². The molecule has 0 radical (unpaired) electrons. The van der Waals surface area contributed by atoms with Crippen LogP contribution in [-0.2, 0) is 9.53 Å². The van der Waals surface area contributed by atoms with Crippen molar-refractivity contribution >= 4 is 28.9 Å². The number of anilines is 2. The zero-order valence-corrected chi connectivity index (χ0v) is 17.2. The van der Waals surface area contributed by atoms with Crippen molar-refractivity contribution in [2.45, 2.75) is 51.7 Å². The second kappa shape index (κ2) is 8.94. The minimum Gasteiger partial charge on any atom is -0.449 e. The third-order valence-electron chi connectivity index (χ3n) is 4.86. The number of nitro benzene ring substituents is 1. The zero-order valence-electron chi connectivity index (χ0n) is 17.2. The summed E-state index contributed by atoms with van der Waals surface area (Å²) in [5, 5.41) is 17.2. The van der Waals surface area contributed by atoms with Crippen LogP contribution in [-0.4, -0.2) is 28.9 Å². The number of benzene rings is 2. The lowest BCUT2D eigenvalue weighted by atomic mass is 10.0. The van der Waals surface area contributed by atoms with E-state index >= 15 is 0 Å².